The van der Waals surface area contributed by atoms with E-state index in [4.69, 9.17) is 4.74 Å². The molecule has 0 bridgehead atoms. The van der Waals surface area contributed by atoms with Crippen molar-refractivity contribution < 1.29 is 22.3 Å². The van der Waals surface area contributed by atoms with Crippen LogP contribution in [0.1, 0.15) is 15.9 Å². The van der Waals surface area contributed by atoms with E-state index in [2.05, 4.69) is 15.5 Å². The Kier molecular flexibility index (Phi) is 7.81. The maximum atomic E-state index is 14.5. The first-order chi connectivity index (χ1) is 17.7. The number of amides is 1. The SMILES string of the molecule is COc1ccc(-c2nnc(NC(=O)c3ccc(CN(c4ccccc4F)S(=O)(=O)N(C)C)cc3)s2)cc1. The van der Waals surface area contributed by atoms with E-state index in [1.54, 1.807) is 37.4 Å². The number of carbonyl (C=O) groups is 1. The highest BCUT2D eigenvalue weighted by molar-refractivity contribution is 7.90. The summed E-state index contributed by atoms with van der Waals surface area (Å²) in [5.41, 5.74) is 1.69. The van der Waals surface area contributed by atoms with Crippen LogP contribution in [-0.4, -0.2) is 50.0 Å². The Hall–Kier alpha value is -3.87. The van der Waals surface area contributed by atoms with Crippen molar-refractivity contribution in [1.29, 1.82) is 0 Å². The van der Waals surface area contributed by atoms with E-state index < -0.39 is 21.9 Å². The Morgan fingerprint density at radius 2 is 1.68 bits per heavy atom. The normalized spacial score (nSPS) is 11.4. The molecule has 12 heteroatoms. The van der Waals surface area contributed by atoms with Crippen molar-refractivity contribution in [3.63, 3.8) is 0 Å². The second-order valence-corrected chi connectivity index (χ2v) is 11.1. The summed E-state index contributed by atoms with van der Waals surface area (Å²) in [7, 11) is 0.368. The second-order valence-electron chi connectivity index (χ2n) is 8.04. The van der Waals surface area contributed by atoms with Crippen LogP contribution in [0.2, 0.25) is 0 Å². The number of nitrogens with zero attached hydrogens (tertiary/aromatic N) is 4. The number of para-hydroxylation sites is 1. The summed E-state index contributed by atoms with van der Waals surface area (Å²) in [5.74, 6) is -0.326. The Labute approximate surface area is 218 Å². The van der Waals surface area contributed by atoms with Gasteiger partial charge in [0.2, 0.25) is 5.13 Å². The topological polar surface area (TPSA) is 105 Å². The van der Waals surface area contributed by atoms with Crippen molar-refractivity contribution in [2.75, 3.05) is 30.8 Å². The van der Waals surface area contributed by atoms with Crippen molar-refractivity contribution in [2.24, 2.45) is 0 Å². The van der Waals surface area contributed by atoms with Gasteiger partial charge in [-0.05, 0) is 54.1 Å². The minimum atomic E-state index is -3.98. The summed E-state index contributed by atoms with van der Waals surface area (Å²) >= 11 is 1.23. The first kappa shape index (κ1) is 26.2. The predicted molar refractivity (Wildman–Crippen MR) is 141 cm³/mol. The van der Waals surface area contributed by atoms with Gasteiger partial charge in [0.15, 0.2) is 0 Å². The third kappa shape index (κ3) is 5.93. The molecule has 192 valence electrons. The minimum absolute atomic E-state index is 0.0676. The third-order valence-corrected chi connectivity index (χ3v) is 8.08. The number of aromatic nitrogens is 2. The Morgan fingerprint density at radius 3 is 2.30 bits per heavy atom. The monoisotopic (exact) mass is 541 g/mol. The Morgan fingerprint density at radius 1 is 1.00 bits per heavy atom. The molecule has 1 N–H and O–H groups in total. The van der Waals surface area contributed by atoms with Gasteiger partial charge in [-0.1, -0.05) is 35.6 Å². The molecule has 1 amide bonds. The number of ether oxygens (including phenoxy) is 1. The summed E-state index contributed by atoms with van der Waals surface area (Å²) < 4.78 is 47.4. The van der Waals surface area contributed by atoms with Crippen LogP contribution in [0.4, 0.5) is 15.2 Å². The molecule has 0 aliphatic rings. The molecule has 0 aliphatic heterocycles. The molecular formula is C25H24FN5O4S2. The lowest BCUT2D eigenvalue weighted by Gasteiger charge is -2.27. The largest absolute Gasteiger partial charge is 0.497 e. The van der Waals surface area contributed by atoms with E-state index in [1.165, 1.54) is 43.6 Å². The van der Waals surface area contributed by atoms with Gasteiger partial charge in [-0.25, -0.2) is 4.39 Å². The molecule has 9 nitrogen and oxygen atoms in total. The van der Waals surface area contributed by atoms with Crippen LogP contribution in [0.15, 0.2) is 72.8 Å². The quantitative estimate of drug-likeness (QED) is 0.336. The predicted octanol–water partition coefficient (Wildman–Crippen LogP) is 4.42. The number of methoxy groups -OCH3 is 1. The Bertz CT molecular complexity index is 1490. The number of benzene rings is 3. The van der Waals surface area contributed by atoms with Crippen LogP contribution in [0.5, 0.6) is 5.75 Å². The summed E-state index contributed by atoms with van der Waals surface area (Å²) in [6.07, 6.45) is 0. The van der Waals surface area contributed by atoms with E-state index in [1.807, 2.05) is 24.3 Å². The fraction of sp³-hybridized carbons (Fsp3) is 0.160. The fourth-order valence-corrected chi connectivity index (χ4v) is 5.21. The molecule has 1 heterocycles. The zero-order valence-electron chi connectivity index (χ0n) is 20.3. The molecule has 0 aliphatic carbocycles. The van der Waals surface area contributed by atoms with Crippen LogP contribution in [0, 0.1) is 5.82 Å². The lowest BCUT2D eigenvalue weighted by molar-refractivity contribution is 0.102. The van der Waals surface area contributed by atoms with Gasteiger partial charge in [0.25, 0.3) is 5.91 Å². The number of rotatable bonds is 9. The zero-order chi connectivity index (χ0) is 26.6. The van der Waals surface area contributed by atoms with Gasteiger partial charge in [0.1, 0.15) is 16.6 Å². The highest BCUT2D eigenvalue weighted by atomic mass is 32.2. The van der Waals surface area contributed by atoms with Crippen molar-refractivity contribution in [3.8, 4) is 16.3 Å². The number of hydrogen-bond acceptors (Lipinski definition) is 7. The first-order valence-corrected chi connectivity index (χ1v) is 13.2. The number of anilines is 2. The van der Waals surface area contributed by atoms with E-state index in [-0.39, 0.29) is 12.2 Å². The maximum Gasteiger partial charge on any atom is 0.303 e. The van der Waals surface area contributed by atoms with Gasteiger partial charge >= 0.3 is 10.2 Å². The van der Waals surface area contributed by atoms with E-state index >= 15 is 0 Å². The lowest BCUT2D eigenvalue weighted by atomic mass is 10.1. The highest BCUT2D eigenvalue weighted by Gasteiger charge is 2.27. The molecular weight excluding hydrogens is 517 g/mol. The second kappa shape index (κ2) is 11.0. The maximum absolute atomic E-state index is 14.5. The van der Waals surface area contributed by atoms with Crippen molar-refractivity contribution in [1.82, 2.24) is 14.5 Å². The molecule has 0 fully saturated rings. The van der Waals surface area contributed by atoms with Gasteiger partial charge in [-0.15, -0.1) is 10.2 Å². The van der Waals surface area contributed by atoms with Crippen LogP contribution in [0.3, 0.4) is 0 Å². The molecule has 0 radical (unpaired) electrons. The average molecular weight is 542 g/mol. The molecule has 4 aromatic rings. The molecule has 0 spiro atoms. The molecule has 0 unspecified atom stereocenters. The first-order valence-electron chi connectivity index (χ1n) is 11.0. The zero-order valence-corrected chi connectivity index (χ0v) is 21.9. The molecule has 37 heavy (non-hydrogen) atoms. The third-order valence-electron chi connectivity index (χ3n) is 5.39. The number of halogens is 1. The van der Waals surface area contributed by atoms with Crippen LogP contribution < -0.4 is 14.4 Å². The standard InChI is InChI=1S/C25H24FN5O4S2/c1-30(2)37(33,34)31(22-7-5-4-6-21(22)26)16-17-8-10-18(11-9-17)23(32)27-25-29-28-24(36-25)19-12-14-20(35-3)15-13-19/h4-15H,16H2,1-3H3,(H,27,29,32). The van der Waals surface area contributed by atoms with Gasteiger partial charge in [-0.3, -0.25) is 14.4 Å². The summed E-state index contributed by atoms with van der Waals surface area (Å²) in [5, 5.41) is 11.9. The summed E-state index contributed by atoms with van der Waals surface area (Å²) in [4.78, 5) is 12.7. The van der Waals surface area contributed by atoms with E-state index in [9.17, 15) is 17.6 Å². The van der Waals surface area contributed by atoms with Crippen LogP contribution in [0.25, 0.3) is 10.6 Å². The van der Waals surface area contributed by atoms with E-state index in [0.717, 1.165) is 19.9 Å². The van der Waals surface area contributed by atoms with Gasteiger partial charge in [0, 0.05) is 25.2 Å². The molecule has 1 aromatic heterocycles. The summed E-state index contributed by atoms with van der Waals surface area (Å²) in [6, 6.07) is 19.4. The fourth-order valence-electron chi connectivity index (χ4n) is 3.36. The highest BCUT2D eigenvalue weighted by Crippen LogP contribution is 2.28. The lowest BCUT2D eigenvalue weighted by Crippen LogP contribution is -2.40. The van der Waals surface area contributed by atoms with Crippen molar-refractivity contribution in [2.45, 2.75) is 6.54 Å². The smallest absolute Gasteiger partial charge is 0.303 e. The van der Waals surface area contributed by atoms with Gasteiger partial charge in [-0.2, -0.15) is 12.7 Å². The van der Waals surface area contributed by atoms with Gasteiger partial charge < -0.3 is 4.74 Å². The van der Waals surface area contributed by atoms with Crippen molar-refractivity contribution in [3.05, 3.63) is 89.7 Å². The van der Waals surface area contributed by atoms with E-state index in [0.29, 0.717) is 21.3 Å². The van der Waals surface area contributed by atoms with Gasteiger partial charge in [0.05, 0.1) is 19.3 Å². The number of hydrogen-bond donors (Lipinski definition) is 1. The molecule has 4 rings (SSSR count). The molecule has 3 aromatic carbocycles. The van der Waals surface area contributed by atoms with Crippen LogP contribution >= 0.6 is 11.3 Å². The van der Waals surface area contributed by atoms with Crippen LogP contribution in [-0.2, 0) is 16.8 Å². The minimum Gasteiger partial charge on any atom is -0.497 e. The Balaban J connectivity index is 1.48. The van der Waals surface area contributed by atoms with Crippen molar-refractivity contribution >= 4 is 38.3 Å². The summed E-state index contributed by atoms with van der Waals surface area (Å²) in [6.45, 7) is -0.120. The molecule has 0 atom stereocenters. The number of nitrogens with one attached hydrogen (secondary N) is 1. The average Bonchev–Trinajstić information content (AvgIpc) is 3.36. The molecule has 0 saturated heterocycles. The molecule has 0 saturated carbocycles. The number of carbonyl (C=O) groups excluding carboxylic acids is 1.